The van der Waals surface area contributed by atoms with Gasteiger partial charge in [0.2, 0.25) is 0 Å². The minimum atomic E-state index is -1.10. The largest absolute Gasteiger partial charge is 0.476 e. The Morgan fingerprint density at radius 1 is 1.50 bits per heavy atom. The molecule has 0 bridgehead atoms. The minimum absolute atomic E-state index is 0.0705. The van der Waals surface area contributed by atoms with Crippen LogP contribution in [0, 0.1) is 0 Å². The maximum atomic E-state index is 11.0. The summed E-state index contributed by atoms with van der Waals surface area (Å²) in [6.07, 6.45) is 1.90. The second kappa shape index (κ2) is 5.46. The first-order chi connectivity index (χ1) is 8.72. The Morgan fingerprint density at radius 2 is 2.33 bits per heavy atom. The van der Waals surface area contributed by atoms with Gasteiger partial charge in [-0.25, -0.2) is 9.78 Å². The number of aromatic carboxylic acids is 1. The Bertz CT molecular complexity index is 547. The number of hydrogen-bond donors (Lipinski definition) is 1. The predicted molar refractivity (Wildman–Crippen MR) is 64.5 cm³/mol. The van der Waals surface area contributed by atoms with Gasteiger partial charge in [0.05, 0.1) is 6.61 Å². The molecule has 94 valence electrons. The van der Waals surface area contributed by atoms with Crippen LogP contribution in [0.25, 0.3) is 11.3 Å². The molecular formula is C13H13NO4. The van der Waals surface area contributed by atoms with Gasteiger partial charge in [-0.3, -0.25) is 0 Å². The van der Waals surface area contributed by atoms with Crippen LogP contribution in [0.4, 0.5) is 0 Å². The number of nitrogens with zero attached hydrogens (tertiary/aromatic N) is 1. The van der Waals surface area contributed by atoms with Crippen molar-refractivity contribution in [2.75, 3.05) is 13.7 Å². The Kier molecular flexibility index (Phi) is 3.74. The van der Waals surface area contributed by atoms with E-state index in [2.05, 4.69) is 4.98 Å². The molecule has 1 aromatic heterocycles. The number of carboxylic acid groups (broad SMARTS) is 1. The van der Waals surface area contributed by atoms with Crippen molar-refractivity contribution in [3.05, 3.63) is 41.9 Å². The fraction of sp³-hybridized carbons (Fsp3) is 0.231. The molecule has 0 aliphatic rings. The minimum Gasteiger partial charge on any atom is -0.476 e. The zero-order chi connectivity index (χ0) is 13.0. The molecule has 1 heterocycles. The van der Waals surface area contributed by atoms with Crippen molar-refractivity contribution in [2.45, 2.75) is 6.42 Å². The zero-order valence-electron chi connectivity index (χ0n) is 9.92. The van der Waals surface area contributed by atoms with Crippen molar-refractivity contribution in [1.82, 2.24) is 4.98 Å². The molecule has 0 radical (unpaired) electrons. The lowest BCUT2D eigenvalue weighted by Gasteiger charge is -2.03. The molecule has 2 rings (SSSR count). The molecule has 0 saturated heterocycles. The number of benzene rings is 1. The Hall–Kier alpha value is -2.14. The van der Waals surface area contributed by atoms with Crippen LogP contribution in [0.1, 0.15) is 16.1 Å². The van der Waals surface area contributed by atoms with Gasteiger partial charge in [0, 0.05) is 12.7 Å². The number of ether oxygens (including phenoxy) is 1. The van der Waals surface area contributed by atoms with E-state index < -0.39 is 5.97 Å². The summed E-state index contributed by atoms with van der Waals surface area (Å²) in [5.41, 5.74) is 1.69. The van der Waals surface area contributed by atoms with E-state index in [1.54, 1.807) is 13.2 Å². The second-order valence-corrected chi connectivity index (χ2v) is 3.78. The maximum absolute atomic E-state index is 11.0. The van der Waals surface area contributed by atoms with Crippen LogP contribution < -0.4 is 0 Å². The smallest absolute Gasteiger partial charge is 0.358 e. The van der Waals surface area contributed by atoms with E-state index in [1.165, 1.54) is 0 Å². The van der Waals surface area contributed by atoms with Crippen LogP contribution in [0.2, 0.25) is 0 Å². The van der Waals surface area contributed by atoms with E-state index >= 15 is 0 Å². The highest BCUT2D eigenvalue weighted by Crippen LogP contribution is 2.24. The van der Waals surface area contributed by atoms with Gasteiger partial charge in [0.1, 0.15) is 0 Å². The van der Waals surface area contributed by atoms with Crippen molar-refractivity contribution in [1.29, 1.82) is 0 Å². The van der Waals surface area contributed by atoms with E-state index in [0.717, 1.165) is 18.4 Å². The van der Waals surface area contributed by atoms with Crippen molar-refractivity contribution < 1.29 is 19.1 Å². The molecule has 0 aliphatic heterocycles. The SMILES string of the molecule is COCCc1cccc(-c2ocnc2C(=O)O)c1. The maximum Gasteiger partial charge on any atom is 0.358 e. The highest BCUT2D eigenvalue weighted by Gasteiger charge is 2.17. The van der Waals surface area contributed by atoms with Gasteiger partial charge in [-0.2, -0.15) is 0 Å². The normalized spacial score (nSPS) is 10.5. The number of carboxylic acids is 1. The second-order valence-electron chi connectivity index (χ2n) is 3.78. The number of methoxy groups -OCH3 is 1. The highest BCUT2D eigenvalue weighted by molar-refractivity contribution is 5.92. The van der Waals surface area contributed by atoms with Crippen LogP contribution in [0.3, 0.4) is 0 Å². The van der Waals surface area contributed by atoms with Crippen LogP contribution in [-0.2, 0) is 11.2 Å². The third kappa shape index (κ3) is 2.57. The van der Waals surface area contributed by atoms with Crippen LogP contribution in [0.15, 0.2) is 35.1 Å². The van der Waals surface area contributed by atoms with Crippen LogP contribution >= 0.6 is 0 Å². The van der Waals surface area contributed by atoms with Crippen molar-refractivity contribution in [2.24, 2.45) is 0 Å². The van der Waals surface area contributed by atoms with Crippen molar-refractivity contribution in [3.8, 4) is 11.3 Å². The average molecular weight is 247 g/mol. The molecule has 2 aromatic rings. The van der Waals surface area contributed by atoms with Crippen molar-refractivity contribution in [3.63, 3.8) is 0 Å². The number of aromatic nitrogens is 1. The summed E-state index contributed by atoms with van der Waals surface area (Å²) in [6.45, 7) is 0.617. The molecule has 0 amide bonds. The van der Waals surface area contributed by atoms with Crippen molar-refractivity contribution >= 4 is 5.97 Å². The lowest BCUT2D eigenvalue weighted by Crippen LogP contribution is -1.99. The van der Waals surface area contributed by atoms with Gasteiger partial charge in [0.15, 0.2) is 17.8 Å². The monoisotopic (exact) mass is 247 g/mol. The number of rotatable bonds is 5. The molecule has 1 N–H and O–H groups in total. The molecule has 0 saturated carbocycles. The third-order valence-corrected chi connectivity index (χ3v) is 2.55. The lowest BCUT2D eigenvalue weighted by molar-refractivity contribution is 0.0691. The number of carbonyl (C=O) groups is 1. The Balaban J connectivity index is 2.32. The fourth-order valence-electron chi connectivity index (χ4n) is 1.69. The summed E-state index contributed by atoms with van der Waals surface area (Å²) < 4.78 is 10.2. The topological polar surface area (TPSA) is 72.6 Å². The quantitative estimate of drug-likeness (QED) is 0.877. The average Bonchev–Trinajstić information content (AvgIpc) is 2.86. The van der Waals surface area contributed by atoms with Crippen LogP contribution in [-0.4, -0.2) is 29.8 Å². The highest BCUT2D eigenvalue weighted by atomic mass is 16.5. The zero-order valence-corrected chi connectivity index (χ0v) is 9.92. The number of hydrogen-bond acceptors (Lipinski definition) is 4. The van der Waals surface area contributed by atoms with Gasteiger partial charge in [-0.05, 0) is 18.1 Å². The van der Waals surface area contributed by atoms with Crippen LogP contribution in [0.5, 0.6) is 0 Å². The molecule has 0 aliphatic carbocycles. The Labute approximate surface area is 104 Å². The van der Waals surface area contributed by atoms with Gasteiger partial charge in [0.25, 0.3) is 0 Å². The van der Waals surface area contributed by atoms with E-state index in [-0.39, 0.29) is 11.5 Å². The number of oxazole rings is 1. The standard InChI is InChI=1S/C13H13NO4/c1-17-6-5-9-3-2-4-10(7-9)12-11(13(15)16)14-8-18-12/h2-4,7-8H,5-6H2,1H3,(H,15,16). The molecule has 0 unspecified atom stereocenters. The van der Waals surface area contributed by atoms with Gasteiger partial charge in [-0.15, -0.1) is 0 Å². The molecule has 0 spiro atoms. The van der Waals surface area contributed by atoms with E-state index in [9.17, 15) is 4.79 Å². The summed E-state index contributed by atoms with van der Waals surface area (Å²) in [7, 11) is 1.64. The van der Waals surface area contributed by atoms with E-state index in [4.69, 9.17) is 14.3 Å². The van der Waals surface area contributed by atoms with Gasteiger partial charge < -0.3 is 14.3 Å². The molecular weight excluding hydrogens is 234 g/mol. The first-order valence-corrected chi connectivity index (χ1v) is 5.47. The summed E-state index contributed by atoms with van der Waals surface area (Å²) in [4.78, 5) is 14.7. The summed E-state index contributed by atoms with van der Waals surface area (Å²) in [6, 6.07) is 7.49. The first kappa shape index (κ1) is 12.3. The van der Waals surface area contributed by atoms with Gasteiger partial charge >= 0.3 is 5.97 Å². The lowest BCUT2D eigenvalue weighted by atomic mass is 10.1. The van der Waals surface area contributed by atoms with Gasteiger partial charge in [-0.1, -0.05) is 18.2 Å². The summed E-state index contributed by atoms with van der Waals surface area (Å²) in [5.74, 6) is -0.817. The molecule has 0 fully saturated rings. The fourth-order valence-corrected chi connectivity index (χ4v) is 1.69. The third-order valence-electron chi connectivity index (χ3n) is 2.55. The van der Waals surface area contributed by atoms with E-state index in [0.29, 0.717) is 12.2 Å². The summed E-state index contributed by atoms with van der Waals surface area (Å²) in [5, 5.41) is 8.98. The molecule has 5 heteroatoms. The molecule has 0 atom stereocenters. The predicted octanol–water partition coefficient (Wildman–Crippen LogP) is 2.23. The Morgan fingerprint density at radius 3 is 3.06 bits per heavy atom. The molecule has 18 heavy (non-hydrogen) atoms. The molecule has 1 aromatic carbocycles. The van der Waals surface area contributed by atoms with E-state index in [1.807, 2.05) is 18.2 Å². The molecule has 5 nitrogen and oxygen atoms in total. The first-order valence-electron chi connectivity index (χ1n) is 5.47. The summed E-state index contributed by atoms with van der Waals surface area (Å²) >= 11 is 0.